The highest BCUT2D eigenvalue weighted by atomic mass is 35.5. The van der Waals surface area contributed by atoms with Crippen molar-refractivity contribution in [2.75, 3.05) is 6.26 Å². The molecule has 1 aliphatic rings. The van der Waals surface area contributed by atoms with Crippen molar-refractivity contribution in [1.82, 2.24) is 5.32 Å². The number of benzene rings is 1. The van der Waals surface area contributed by atoms with E-state index in [1.807, 2.05) is 18.4 Å². The van der Waals surface area contributed by atoms with Crippen molar-refractivity contribution in [1.29, 1.82) is 0 Å². The molecule has 0 radical (unpaired) electrons. The molecule has 0 heterocycles. The van der Waals surface area contributed by atoms with Gasteiger partial charge in [0.05, 0.1) is 10.6 Å². The van der Waals surface area contributed by atoms with Crippen molar-refractivity contribution in [2.24, 2.45) is 0 Å². The molecule has 5 heteroatoms. The minimum Gasteiger partial charge on any atom is -0.349 e. The van der Waals surface area contributed by atoms with Crippen LogP contribution >= 0.6 is 35.0 Å². The maximum absolute atomic E-state index is 12.2. The van der Waals surface area contributed by atoms with E-state index < -0.39 is 0 Å². The second-order valence-electron chi connectivity index (χ2n) is 4.77. The molecule has 0 aliphatic heterocycles. The minimum absolute atomic E-state index is 0.0843. The van der Waals surface area contributed by atoms with Crippen LogP contribution in [-0.4, -0.2) is 23.6 Å². The lowest BCUT2D eigenvalue weighted by Crippen LogP contribution is -2.37. The molecule has 2 nitrogen and oxygen atoms in total. The largest absolute Gasteiger partial charge is 0.349 e. The Morgan fingerprint density at radius 2 is 2.00 bits per heavy atom. The lowest BCUT2D eigenvalue weighted by molar-refractivity contribution is 0.0928. The van der Waals surface area contributed by atoms with Crippen molar-refractivity contribution in [2.45, 2.75) is 42.0 Å². The maximum atomic E-state index is 12.2. The molecule has 1 aliphatic carbocycles. The molecule has 1 N–H and O–H groups in total. The number of carbonyl (C=O) groups excluding carboxylic acids is 1. The van der Waals surface area contributed by atoms with E-state index in [4.69, 9.17) is 23.2 Å². The van der Waals surface area contributed by atoms with Crippen LogP contribution in [0.1, 0.15) is 36.0 Å². The SMILES string of the molecule is CSc1ccc(Cl)c(C(=O)NC2CCC(Cl)CC2)c1. The molecule has 0 bridgehead atoms. The van der Waals surface area contributed by atoms with Crippen LogP contribution in [0.15, 0.2) is 23.1 Å². The van der Waals surface area contributed by atoms with Gasteiger partial charge < -0.3 is 5.32 Å². The first kappa shape index (κ1) is 15.0. The summed E-state index contributed by atoms with van der Waals surface area (Å²) in [6.45, 7) is 0. The Kier molecular flexibility index (Phi) is 5.43. The van der Waals surface area contributed by atoms with Crippen molar-refractivity contribution in [3.8, 4) is 0 Å². The van der Waals surface area contributed by atoms with E-state index in [2.05, 4.69) is 5.32 Å². The second kappa shape index (κ2) is 6.87. The van der Waals surface area contributed by atoms with Crippen LogP contribution in [0.3, 0.4) is 0 Å². The van der Waals surface area contributed by atoms with Crippen LogP contribution in [0.25, 0.3) is 0 Å². The molecule has 19 heavy (non-hydrogen) atoms. The molecule has 0 atom stereocenters. The van der Waals surface area contributed by atoms with E-state index >= 15 is 0 Å². The van der Waals surface area contributed by atoms with Gasteiger partial charge in [0.15, 0.2) is 0 Å². The highest BCUT2D eigenvalue weighted by Crippen LogP contribution is 2.25. The number of carbonyl (C=O) groups is 1. The quantitative estimate of drug-likeness (QED) is 0.663. The number of rotatable bonds is 3. The van der Waals surface area contributed by atoms with Crippen LogP contribution in [0, 0.1) is 0 Å². The van der Waals surface area contributed by atoms with Crippen LogP contribution in [0.5, 0.6) is 0 Å². The number of amides is 1. The summed E-state index contributed by atoms with van der Waals surface area (Å²) in [6.07, 6.45) is 5.79. The standard InChI is InChI=1S/C14H17Cl2NOS/c1-19-11-6-7-13(16)12(8-11)14(18)17-10-4-2-9(15)3-5-10/h6-10H,2-5H2,1H3,(H,17,18). The number of thioether (sulfide) groups is 1. The van der Waals surface area contributed by atoms with Gasteiger partial charge in [-0.15, -0.1) is 23.4 Å². The summed E-state index contributed by atoms with van der Waals surface area (Å²) in [5.41, 5.74) is 0.557. The first-order valence-corrected chi connectivity index (χ1v) is 8.42. The summed E-state index contributed by atoms with van der Waals surface area (Å²) >= 11 is 13.8. The molecule has 1 fully saturated rings. The van der Waals surface area contributed by atoms with Gasteiger partial charge >= 0.3 is 0 Å². The fourth-order valence-electron chi connectivity index (χ4n) is 2.27. The topological polar surface area (TPSA) is 29.1 Å². The Morgan fingerprint density at radius 3 is 2.63 bits per heavy atom. The third kappa shape index (κ3) is 4.04. The predicted molar refractivity (Wildman–Crippen MR) is 82.6 cm³/mol. The summed E-state index contributed by atoms with van der Waals surface area (Å²) in [5.74, 6) is -0.0843. The zero-order valence-electron chi connectivity index (χ0n) is 10.8. The fourth-order valence-corrected chi connectivity index (χ4v) is 3.16. The van der Waals surface area contributed by atoms with E-state index in [1.165, 1.54) is 0 Å². The molecule has 104 valence electrons. The first-order valence-electron chi connectivity index (χ1n) is 6.38. The molecule has 0 saturated heterocycles. The van der Waals surface area contributed by atoms with E-state index in [-0.39, 0.29) is 17.3 Å². The van der Waals surface area contributed by atoms with Gasteiger partial charge in [0.1, 0.15) is 0 Å². The van der Waals surface area contributed by atoms with Gasteiger partial charge in [0, 0.05) is 16.3 Å². The monoisotopic (exact) mass is 317 g/mol. The summed E-state index contributed by atoms with van der Waals surface area (Å²) in [6, 6.07) is 5.76. The highest BCUT2D eigenvalue weighted by molar-refractivity contribution is 7.98. The van der Waals surface area contributed by atoms with Crippen molar-refractivity contribution < 1.29 is 4.79 Å². The van der Waals surface area contributed by atoms with Crippen molar-refractivity contribution in [3.63, 3.8) is 0 Å². The molecule has 0 aromatic heterocycles. The average molecular weight is 318 g/mol. The third-order valence-corrected chi connectivity index (χ3v) is 4.90. The fraction of sp³-hybridized carbons (Fsp3) is 0.500. The normalized spacial score (nSPS) is 23.1. The summed E-state index contributed by atoms with van der Waals surface area (Å²) in [5, 5.41) is 3.82. The van der Waals surface area contributed by atoms with Gasteiger partial charge in [0.2, 0.25) is 0 Å². The summed E-state index contributed by atoms with van der Waals surface area (Å²) in [4.78, 5) is 13.3. The molecular weight excluding hydrogens is 301 g/mol. The van der Waals surface area contributed by atoms with Gasteiger partial charge in [-0.3, -0.25) is 4.79 Å². The van der Waals surface area contributed by atoms with E-state index in [0.29, 0.717) is 10.6 Å². The zero-order valence-corrected chi connectivity index (χ0v) is 13.1. The lowest BCUT2D eigenvalue weighted by atomic mass is 9.95. The minimum atomic E-state index is -0.0843. The van der Waals surface area contributed by atoms with Gasteiger partial charge in [-0.25, -0.2) is 0 Å². The number of alkyl halides is 1. The highest BCUT2D eigenvalue weighted by Gasteiger charge is 2.22. The van der Waals surface area contributed by atoms with Crippen LogP contribution < -0.4 is 5.32 Å². The Balaban J connectivity index is 2.03. The van der Waals surface area contributed by atoms with Gasteiger partial charge in [0.25, 0.3) is 5.91 Å². The van der Waals surface area contributed by atoms with Gasteiger partial charge in [-0.05, 0) is 50.1 Å². The van der Waals surface area contributed by atoms with Crippen LogP contribution in [0.2, 0.25) is 5.02 Å². The van der Waals surface area contributed by atoms with E-state index in [0.717, 1.165) is 30.6 Å². The average Bonchev–Trinajstić information content (AvgIpc) is 2.42. The van der Waals surface area contributed by atoms with Crippen molar-refractivity contribution in [3.05, 3.63) is 28.8 Å². The smallest absolute Gasteiger partial charge is 0.253 e. The van der Waals surface area contributed by atoms with Gasteiger partial charge in [-0.2, -0.15) is 0 Å². The number of hydrogen-bond acceptors (Lipinski definition) is 2. The maximum Gasteiger partial charge on any atom is 0.253 e. The van der Waals surface area contributed by atoms with Crippen molar-refractivity contribution >= 4 is 40.9 Å². The zero-order chi connectivity index (χ0) is 13.8. The molecule has 1 amide bonds. The number of halogens is 2. The Bertz CT molecular complexity index is 459. The molecule has 1 aromatic carbocycles. The summed E-state index contributed by atoms with van der Waals surface area (Å²) in [7, 11) is 0. The number of hydrogen-bond donors (Lipinski definition) is 1. The first-order chi connectivity index (χ1) is 9.10. The molecule has 1 saturated carbocycles. The predicted octanol–water partition coefficient (Wildman–Crippen LogP) is 4.34. The Morgan fingerprint density at radius 1 is 1.32 bits per heavy atom. The molecule has 0 unspecified atom stereocenters. The van der Waals surface area contributed by atoms with E-state index in [9.17, 15) is 4.79 Å². The summed E-state index contributed by atoms with van der Waals surface area (Å²) < 4.78 is 0. The number of nitrogens with one attached hydrogen (secondary N) is 1. The molecule has 2 rings (SSSR count). The van der Waals surface area contributed by atoms with E-state index in [1.54, 1.807) is 17.8 Å². The van der Waals surface area contributed by atoms with Crippen LogP contribution in [0.4, 0.5) is 0 Å². The van der Waals surface area contributed by atoms with Crippen LogP contribution in [-0.2, 0) is 0 Å². The third-order valence-electron chi connectivity index (χ3n) is 3.41. The lowest BCUT2D eigenvalue weighted by Gasteiger charge is -2.26. The second-order valence-corrected chi connectivity index (χ2v) is 6.67. The molecule has 1 aromatic rings. The molecular formula is C14H17Cl2NOS. The Labute approximate surface area is 128 Å². The Hall–Kier alpha value is -0.380. The van der Waals surface area contributed by atoms with Gasteiger partial charge in [-0.1, -0.05) is 11.6 Å². The molecule has 0 spiro atoms.